The van der Waals surface area contributed by atoms with Gasteiger partial charge in [-0.15, -0.1) is 0 Å². The second-order valence-electron chi connectivity index (χ2n) is 5.94. The summed E-state index contributed by atoms with van der Waals surface area (Å²) in [4.78, 5) is 25.4. The van der Waals surface area contributed by atoms with Crippen molar-refractivity contribution in [3.05, 3.63) is 71.3 Å². The highest BCUT2D eigenvalue weighted by Gasteiger charge is 2.19. The van der Waals surface area contributed by atoms with Crippen molar-refractivity contribution in [1.29, 1.82) is 0 Å². The molecule has 0 heterocycles. The van der Waals surface area contributed by atoms with E-state index in [1.165, 1.54) is 11.6 Å². The van der Waals surface area contributed by atoms with Gasteiger partial charge < -0.3 is 10.0 Å². The molecule has 0 aliphatic heterocycles. The van der Waals surface area contributed by atoms with Crippen LogP contribution in [0.25, 0.3) is 0 Å². The molecule has 1 atom stereocenters. The Morgan fingerprint density at radius 1 is 1.04 bits per heavy atom. The SMILES string of the molecule is CCC(Cc1ccccc1)N(C)C(=O)Cc1cccc(C(=O)O)c1. The molecule has 0 saturated carbocycles. The van der Waals surface area contributed by atoms with Crippen molar-refractivity contribution in [2.45, 2.75) is 32.2 Å². The molecule has 2 rings (SSSR count). The highest BCUT2D eigenvalue weighted by atomic mass is 16.4. The highest BCUT2D eigenvalue weighted by Crippen LogP contribution is 2.13. The Labute approximate surface area is 142 Å². The van der Waals surface area contributed by atoms with Gasteiger partial charge in [0.15, 0.2) is 0 Å². The van der Waals surface area contributed by atoms with E-state index in [0.717, 1.165) is 18.4 Å². The summed E-state index contributed by atoms with van der Waals surface area (Å²) in [6.07, 6.45) is 1.89. The van der Waals surface area contributed by atoms with Crippen LogP contribution < -0.4 is 0 Å². The third kappa shape index (κ3) is 4.69. The fourth-order valence-electron chi connectivity index (χ4n) is 2.76. The average molecular weight is 325 g/mol. The lowest BCUT2D eigenvalue weighted by Crippen LogP contribution is -2.39. The van der Waals surface area contributed by atoms with E-state index < -0.39 is 5.97 Å². The van der Waals surface area contributed by atoms with Crippen LogP contribution in [-0.2, 0) is 17.6 Å². The number of aromatic carboxylic acids is 1. The summed E-state index contributed by atoms with van der Waals surface area (Å²) < 4.78 is 0. The first-order valence-corrected chi connectivity index (χ1v) is 8.13. The molecule has 0 aliphatic rings. The molecule has 126 valence electrons. The smallest absolute Gasteiger partial charge is 0.335 e. The summed E-state index contributed by atoms with van der Waals surface area (Å²) in [7, 11) is 1.82. The first-order chi connectivity index (χ1) is 11.5. The number of benzene rings is 2. The quantitative estimate of drug-likeness (QED) is 0.849. The third-order valence-electron chi connectivity index (χ3n) is 4.26. The molecule has 2 aromatic rings. The minimum absolute atomic E-state index is 0.000296. The van der Waals surface area contributed by atoms with Crippen LogP contribution in [0.4, 0.5) is 0 Å². The number of amides is 1. The van der Waals surface area contributed by atoms with Crippen LogP contribution in [0.15, 0.2) is 54.6 Å². The number of hydrogen-bond donors (Lipinski definition) is 1. The lowest BCUT2D eigenvalue weighted by molar-refractivity contribution is -0.131. The fraction of sp³-hybridized carbons (Fsp3) is 0.300. The number of carboxylic acids is 1. The van der Waals surface area contributed by atoms with Crippen molar-refractivity contribution in [2.24, 2.45) is 0 Å². The van der Waals surface area contributed by atoms with Crippen molar-refractivity contribution in [3.8, 4) is 0 Å². The van der Waals surface area contributed by atoms with E-state index >= 15 is 0 Å². The topological polar surface area (TPSA) is 57.6 Å². The number of carbonyl (C=O) groups is 2. The van der Waals surface area contributed by atoms with Gasteiger partial charge in [0, 0.05) is 13.1 Å². The number of carbonyl (C=O) groups excluding carboxylic acids is 1. The maximum absolute atomic E-state index is 12.6. The molecule has 1 unspecified atom stereocenters. The molecule has 0 saturated heterocycles. The van der Waals surface area contributed by atoms with Crippen LogP contribution >= 0.6 is 0 Å². The molecule has 1 N–H and O–H groups in total. The van der Waals surface area contributed by atoms with Crippen molar-refractivity contribution < 1.29 is 14.7 Å². The molecule has 0 radical (unpaired) electrons. The molecule has 1 amide bonds. The predicted octanol–water partition coefficient (Wildman–Crippen LogP) is 3.41. The average Bonchev–Trinajstić information content (AvgIpc) is 2.60. The fourth-order valence-corrected chi connectivity index (χ4v) is 2.76. The van der Waals surface area contributed by atoms with E-state index in [2.05, 4.69) is 19.1 Å². The lowest BCUT2D eigenvalue weighted by Gasteiger charge is -2.27. The molecule has 4 heteroatoms. The minimum Gasteiger partial charge on any atom is -0.478 e. The number of rotatable bonds is 7. The Morgan fingerprint density at radius 3 is 2.33 bits per heavy atom. The minimum atomic E-state index is -0.979. The van der Waals surface area contributed by atoms with E-state index in [4.69, 9.17) is 5.11 Å². The predicted molar refractivity (Wildman–Crippen MR) is 94.1 cm³/mol. The summed E-state index contributed by atoms with van der Waals surface area (Å²) in [5.74, 6) is -0.978. The summed E-state index contributed by atoms with van der Waals surface area (Å²) in [6, 6.07) is 16.8. The van der Waals surface area contributed by atoms with Gasteiger partial charge in [-0.3, -0.25) is 4.79 Å². The Hall–Kier alpha value is -2.62. The van der Waals surface area contributed by atoms with Gasteiger partial charge in [0.05, 0.1) is 12.0 Å². The number of hydrogen-bond acceptors (Lipinski definition) is 2. The molecule has 0 aliphatic carbocycles. The standard InChI is InChI=1S/C20H23NO3/c1-3-18(13-15-8-5-4-6-9-15)21(2)19(22)14-16-10-7-11-17(12-16)20(23)24/h4-12,18H,3,13-14H2,1-2H3,(H,23,24). The molecule has 24 heavy (non-hydrogen) atoms. The van der Waals surface area contributed by atoms with Gasteiger partial charge in [0.25, 0.3) is 0 Å². The molecular weight excluding hydrogens is 302 g/mol. The molecule has 0 spiro atoms. The maximum Gasteiger partial charge on any atom is 0.335 e. The van der Waals surface area contributed by atoms with Crippen molar-refractivity contribution in [2.75, 3.05) is 7.05 Å². The summed E-state index contributed by atoms with van der Waals surface area (Å²) >= 11 is 0. The first kappa shape index (κ1) is 17.7. The van der Waals surface area contributed by atoms with Gasteiger partial charge in [-0.2, -0.15) is 0 Å². The van der Waals surface area contributed by atoms with Crippen LogP contribution in [0.2, 0.25) is 0 Å². The highest BCUT2D eigenvalue weighted by molar-refractivity contribution is 5.88. The second-order valence-corrected chi connectivity index (χ2v) is 5.94. The molecular formula is C20H23NO3. The lowest BCUT2D eigenvalue weighted by atomic mass is 10.0. The van der Waals surface area contributed by atoms with Crippen LogP contribution in [-0.4, -0.2) is 35.0 Å². The maximum atomic E-state index is 12.6. The largest absolute Gasteiger partial charge is 0.478 e. The zero-order valence-corrected chi connectivity index (χ0v) is 14.1. The Morgan fingerprint density at radius 2 is 1.71 bits per heavy atom. The molecule has 0 aromatic heterocycles. The Bertz CT molecular complexity index is 697. The van der Waals surface area contributed by atoms with E-state index in [0.29, 0.717) is 0 Å². The number of carboxylic acid groups (broad SMARTS) is 1. The number of likely N-dealkylation sites (N-methyl/N-ethyl adjacent to an activating group) is 1. The van der Waals surface area contributed by atoms with Gasteiger partial charge >= 0.3 is 5.97 Å². The zero-order chi connectivity index (χ0) is 17.5. The van der Waals surface area contributed by atoms with Crippen LogP contribution in [0.1, 0.15) is 34.8 Å². The van der Waals surface area contributed by atoms with Crippen molar-refractivity contribution in [1.82, 2.24) is 4.90 Å². The third-order valence-corrected chi connectivity index (χ3v) is 4.26. The zero-order valence-electron chi connectivity index (χ0n) is 14.1. The van der Waals surface area contributed by atoms with Gasteiger partial charge in [0.1, 0.15) is 0 Å². The summed E-state index contributed by atoms with van der Waals surface area (Å²) in [5, 5.41) is 9.05. The Balaban J connectivity index is 2.04. The van der Waals surface area contributed by atoms with E-state index in [1.54, 1.807) is 23.1 Å². The first-order valence-electron chi connectivity index (χ1n) is 8.13. The Kier molecular flexibility index (Phi) is 6.13. The summed E-state index contributed by atoms with van der Waals surface area (Å²) in [6.45, 7) is 2.07. The van der Waals surface area contributed by atoms with Gasteiger partial charge in [-0.1, -0.05) is 49.4 Å². The van der Waals surface area contributed by atoms with Crippen molar-refractivity contribution in [3.63, 3.8) is 0 Å². The van der Waals surface area contributed by atoms with E-state index in [9.17, 15) is 9.59 Å². The van der Waals surface area contributed by atoms with E-state index in [1.807, 2.05) is 25.2 Å². The molecule has 0 fully saturated rings. The van der Waals surface area contributed by atoms with Crippen LogP contribution in [0, 0.1) is 0 Å². The number of nitrogens with zero attached hydrogens (tertiary/aromatic N) is 1. The monoisotopic (exact) mass is 325 g/mol. The van der Waals surface area contributed by atoms with E-state index in [-0.39, 0.29) is 23.9 Å². The molecule has 0 bridgehead atoms. The van der Waals surface area contributed by atoms with Gasteiger partial charge in [0.2, 0.25) is 5.91 Å². The van der Waals surface area contributed by atoms with Gasteiger partial charge in [-0.05, 0) is 36.1 Å². The molecule has 2 aromatic carbocycles. The van der Waals surface area contributed by atoms with Gasteiger partial charge in [-0.25, -0.2) is 4.79 Å². The van der Waals surface area contributed by atoms with Crippen LogP contribution in [0.5, 0.6) is 0 Å². The van der Waals surface area contributed by atoms with Crippen LogP contribution in [0.3, 0.4) is 0 Å². The van der Waals surface area contributed by atoms with Crippen molar-refractivity contribution >= 4 is 11.9 Å². The molecule has 4 nitrogen and oxygen atoms in total. The second kappa shape index (κ2) is 8.29. The summed E-state index contributed by atoms with van der Waals surface area (Å²) in [5.41, 5.74) is 2.14. The normalized spacial score (nSPS) is 11.8.